The van der Waals surface area contributed by atoms with Crippen LogP contribution in [0.2, 0.25) is 0 Å². The lowest BCUT2D eigenvalue weighted by Crippen LogP contribution is -1.95. The lowest BCUT2D eigenvalue weighted by atomic mass is 10.1. The Morgan fingerprint density at radius 1 is 0.288 bits per heavy atom. The Balaban J connectivity index is 0. The quantitative estimate of drug-likeness (QED) is 0.178. The fourth-order valence-electron chi connectivity index (χ4n) is 5.45. The van der Waals surface area contributed by atoms with Gasteiger partial charge in [0.15, 0.2) is 5.82 Å². The van der Waals surface area contributed by atoms with Gasteiger partial charge in [0, 0.05) is 33.2 Å². The van der Waals surface area contributed by atoms with Gasteiger partial charge in [0.25, 0.3) is 0 Å². The second-order valence-corrected chi connectivity index (χ2v) is 10.3. The first kappa shape index (κ1) is 55.3. The Labute approximate surface area is 361 Å². The van der Waals surface area contributed by atoms with Crippen LogP contribution in [-0.2, 0) is 0 Å². The summed E-state index contributed by atoms with van der Waals surface area (Å²) in [4.78, 5) is 9.58. The normalized spacial score (nSPS) is 8.68. The Morgan fingerprint density at radius 3 is 0.898 bits per heavy atom. The fraction of sp³-hybridized carbons (Fsp3) is 0.286. The maximum atomic E-state index is 4.79. The molecule has 0 aliphatic carbocycles. The molecule has 0 bridgehead atoms. The first-order valence-corrected chi connectivity index (χ1v) is 22.4. The summed E-state index contributed by atoms with van der Waals surface area (Å²) < 4.78 is 2.32. The van der Waals surface area contributed by atoms with E-state index in [9.17, 15) is 0 Å². The predicted molar refractivity (Wildman–Crippen MR) is 270 cm³/mol. The summed E-state index contributed by atoms with van der Waals surface area (Å²) in [7, 11) is 0. The van der Waals surface area contributed by atoms with Crippen molar-refractivity contribution in [1.82, 2.24) is 14.5 Å². The standard InChI is InChI=1S/C22H16N2.C18H13N.8C2H6/c1-4-10-17(11-5-1)20-16-21(18-12-6-2-7-13-18)24-22(23-20)19-14-8-3-9-15-19;1-2-8-14(9-3-1)19-17-12-6-4-10-15(17)16-11-5-7-13-18(16)19;8*1-2/h1-16H;1-13H;8*1-2H3. The second kappa shape index (κ2) is 36.5. The molecule has 8 aromatic rings. The molecule has 0 aliphatic heterocycles. The Bertz CT molecular complexity index is 1910. The van der Waals surface area contributed by atoms with Crippen molar-refractivity contribution in [1.29, 1.82) is 0 Å². The number of hydrogen-bond acceptors (Lipinski definition) is 2. The van der Waals surface area contributed by atoms with Crippen LogP contribution in [0, 0.1) is 0 Å². The van der Waals surface area contributed by atoms with Crippen molar-refractivity contribution in [3.63, 3.8) is 0 Å². The van der Waals surface area contributed by atoms with Gasteiger partial charge in [-0.1, -0.05) is 256 Å². The van der Waals surface area contributed by atoms with Gasteiger partial charge in [-0.05, 0) is 30.3 Å². The molecule has 2 heterocycles. The molecule has 316 valence electrons. The minimum absolute atomic E-state index is 0.746. The van der Waals surface area contributed by atoms with Gasteiger partial charge in [0.1, 0.15) is 0 Å². The molecule has 0 unspecified atom stereocenters. The van der Waals surface area contributed by atoms with Crippen LogP contribution in [0.15, 0.2) is 176 Å². The summed E-state index contributed by atoms with van der Waals surface area (Å²) in [5.74, 6) is 0.746. The number of para-hydroxylation sites is 3. The monoisotopic (exact) mass is 792 g/mol. The molecule has 0 N–H and O–H groups in total. The van der Waals surface area contributed by atoms with E-state index in [0.717, 1.165) is 33.9 Å². The average molecular weight is 792 g/mol. The van der Waals surface area contributed by atoms with Crippen LogP contribution in [0.3, 0.4) is 0 Å². The smallest absolute Gasteiger partial charge is 0.160 e. The molecule has 0 aliphatic rings. The molecule has 3 nitrogen and oxygen atoms in total. The molecule has 0 amide bonds. The van der Waals surface area contributed by atoms with Gasteiger partial charge in [-0.2, -0.15) is 0 Å². The molecule has 3 heteroatoms. The molecule has 0 spiro atoms. The van der Waals surface area contributed by atoms with Crippen molar-refractivity contribution >= 4 is 21.8 Å². The van der Waals surface area contributed by atoms with Crippen LogP contribution in [-0.4, -0.2) is 14.5 Å². The largest absolute Gasteiger partial charge is 0.309 e. The first-order chi connectivity index (χ1) is 29.3. The zero-order chi connectivity index (χ0) is 44.8. The van der Waals surface area contributed by atoms with E-state index < -0.39 is 0 Å². The van der Waals surface area contributed by atoms with Crippen molar-refractivity contribution in [3.8, 4) is 39.6 Å². The molecule has 8 rings (SSSR count). The molecule has 0 saturated carbocycles. The van der Waals surface area contributed by atoms with Gasteiger partial charge in [-0.3, -0.25) is 0 Å². The molecule has 2 aromatic heterocycles. The van der Waals surface area contributed by atoms with E-state index in [1.165, 1.54) is 27.5 Å². The molecule has 0 fully saturated rings. The van der Waals surface area contributed by atoms with Gasteiger partial charge < -0.3 is 4.57 Å². The van der Waals surface area contributed by atoms with Crippen molar-refractivity contribution in [2.45, 2.75) is 111 Å². The maximum absolute atomic E-state index is 4.79. The van der Waals surface area contributed by atoms with E-state index >= 15 is 0 Å². The number of benzene rings is 6. The van der Waals surface area contributed by atoms with Crippen molar-refractivity contribution < 1.29 is 0 Å². The molecule has 0 saturated heterocycles. The topological polar surface area (TPSA) is 30.7 Å². The van der Waals surface area contributed by atoms with Crippen molar-refractivity contribution in [2.24, 2.45) is 0 Å². The maximum Gasteiger partial charge on any atom is 0.160 e. The van der Waals surface area contributed by atoms with E-state index in [4.69, 9.17) is 9.97 Å². The van der Waals surface area contributed by atoms with Gasteiger partial charge in [-0.25, -0.2) is 9.97 Å². The Morgan fingerprint density at radius 2 is 0.559 bits per heavy atom. The number of rotatable bonds is 4. The third kappa shape index (κ3) is 16.9. The summed E-state index contributed by atoms with van der Waals surface area (Å²) in [6, 6.07) is 60.3. The highest BCUT2D eigenvalue weighted by atomic mass is 15.0. The molecular formula is C56H77N3. The van der Waals surface area contributed by atoms with Crippen LogP contribution < -0.4 is 0 Å². The zero-order valence-corrected chi connectivity index (χ0v) is 39.6. The van der Waals surface area contributed by atoms with Crippen molar-refractivity contribution in [2.75, 3.05) is 0 Å². The van der Waals surface area contributed by atoms with Gasteiger partial charge in [0.2, 0.25) is 0 Å². The van der Waals surface area contributed by atoms with Crippen molar-refractivity contribution in [3.05, 3.63) is 176 Å². The summed E-state index contributed by atoms with van der Waals surface area (Å²) in [6.07, 6.45) is 0. The van der Waals surface area contributed by atoms with Crippen LogP contribution >= 0.6 is 0 Å². The number of hydrogen-bond donors (Lipinski definition) is 0. The summed E-state index contributed by atoms with van der Waals surface area (Å²) in [6.45, 7) is 32.0. The summed E-state index contributed by atoms with van der Waals surface area (Å²) >= 11 is 0. The average Bonchev–Trinajstić information content (AvgIpc) is 3.72. The predicted octanol–water partition coefficient (Wildman–Crippen LogP) is 18.5. The van der Waals surface area contributed by atoms with E-state index in [0.29, 0.717) is 0 Å². The third-order valence-electron chi connectivity index (χ3n) is 7.49. The number of aromatic nitrogens is 3. The van der Waals surface area contributed by atoms with E-state index in [-0.39, 0.29) is 0 Å². The van der Waals surface area contributed by atoms with E-state index in [2.05, 4.69) is 114 Å². The van der Waals surface area contributed by atoms with E-state index in [1.54, 1.807) is 0 Å². The molecule has 0 atom stereocenters. The Hall–Kier alpha value is -5.80. The fourth-order valence-corrected chi connectivity index (χ4v) is 5.45. The minimum Gasteiger partial charge on any atom is -0.309 e. The van der Waals surface area contributed by atoms with Gasteiger partial charge in [0.05, 0.1) is 22.4 Å². The summed E-state index contributed by atoms with van der Waals surface area (Å²) in [5, 5.41) is 2.61. The van der Waals surface area contributed by atoms with E-state index in [1.807, 2.05) is 178 Å². The Kier molecular flexibility index (Phi) is 34.2. The molecule has 59 heavy (non-hydrogen) atoms. The zero-order valence-electron chi connectivity index (χ0n) is 39.6. The van der Waals surface area contributed by atoms with Crippen LogP contribution in [0.5, 0.6) is 0 Å². The molecule has 6 aromatic carbocycles. The van der Waals surface area contributed by atoms with Gasteiger partial charge >= 0.3 is 0 Å². The summed E-state index contributed by atoms with van der Waals surface area (Å²) in [5.41, 5.74) is 8.80. The highest BCUT2D eigenvalue weighted by molar-refractivity contribution is 6.09. The number of fused-ring (bicyclic) bond motifs is 3. The minimum atomic E-state index is 0.746. The third-order valence-corrected chi connectivity index (χ3v) is 7.49. The SMILES string of the molecule is CC.CC.CC.CC.CC.CC.CC.CC.c1ccc(-c2cc(-c3ccccc3)nc(-c3ccccc3)n2)cc1.c1ccc(-n2c3ccccc3c3ccccc32)cc1. The van der Waals surface area contributed by atoms with Crippen LogP contribution in [0.25, 0.3) is 61.4 Å². The van der Waals surface area contributed by atoms with Crippen LogP contribution in [0.1, 0.15) is 111 Å². The second-order valence-electron chi connectivity index (χ2n) is 10.3. The number of nitrogens with zero attached hydrogens (tertiary/aromatic N) is 3. The first-order valence-electron chi connectivity index (χ1n) is 22.4. The van der Waals surface area contributed by atoms with Crippen LogP contribution in [0.4, 0.5) is 0 Å². The van der Waals surface area contributed by atoms with Gasteiger partial charge in [-0.15, -0.1) is 0 Å². The molecule has 0 radical (unpaired) electrons. The molecular weight excluding hydrogens is 715 g/mol. The lowest BCUT2D eigenvalue weighted by molar-refractivity contribution is 1.18. The highest BCUT2D eigenvalue weighted by Crippen LogP contribution is 2.31. The lowest BCUT2D eigenvalue weighted by Gasteiger charge is -2.09. The highest BCUT2D eigenvalue weighted by Gasteiger charge is 2.11.